The van der Waals surface area contributed by atoms with Crippen molar-refractivity contribution in [2.45, 2.75) is 33.1 Å². The predicted octanol–water partition coefficient (Wildman–Crippen LogP) is 3.06. The van der Waals surface area contributed by atoms with Gasteiger partial charge in [-0.3, -0.25) is 0 Å². The van der Waals surface area contributed by atoms with E-state index in [1.54, 1.807) is 0 Å². The van der Waals surface area contributed by atoms with E-state index in [1.807, 2.05) is 32.0 Å². The Kier molecular flexibility index (Phi) is 7.82. The second-order valence-corrected chi connectivity index (χ2v) is 4.24. The summed E-state index contributed by atoms with van der Waals surface area (Å²) in [6.07, 6.45) is 2.96. The van der Waals surface area contributed by atoms with Crippen molar-refractivity contribution in [2.24, 2.45) is 0 Å². The molecule has 2 N–H and O–H groups in total. The van der Waals surface area contributed by atoms with E-state index in [2.05, 4.69) is 5.32 Å². The summed E-state index contributed by atoms with van der Waals surface area (Å²) in [4.78, 5) is 0. The molecule has 1 aromatic carbocycles. The number of aliphatic hydroxyl groups is 1. The summed E-state index contributed by atoms with van der Waals surface area (Å²) >= 11 is 0. The largest absolute Gasteiger partial charge is 0.490 e. The number of ether oxygens (including phenoxy) is 2. The van der Waals surface area contributed by atoms with Crippen LogP contribution in [0.5, 0.6) is 11.5 Å². The number of hydrogen-bond acceptors (Lipinski definition) is 4. The molecule has 1 aromatic rings. The Bertz CT molecular complexity index is 355. The number of aliphatic hydroxyl groups excluding tert-OH is 1. The summed E-state index contributed by atoms with van der Waals surface area (Å²) in [5.41, 5.74) is 1.04. The van der Waals surface area contributed by atoms with Crippen LogP contribution in [-0.2, 0) is 0 Å². The van der Waals surface area contributed by atoms with E-state index in [0.29, 0.717) is 13.2 Å². The molecule has 0 amide bonds. The van der Waals surface area contributed by atoms with Gasteiger partial charge in [0.2, 0.25) is 0 Å². The number of nitrogens with one attached hydrogen (secondary N) is 1. The fourth-order valence-corrected chi connectivity index (χ4v) is 1.81. The predicted molar refractivity (Wildman–Crippen MR) is 78.2 cm³/mol. The van der Waals surface area contributed by atoms with E-state index < -0.39 is 0 Å². The molecule has 0 fully saturated rings. The van der Waals surface area contributed by atoms with Crippen LogP contribution in [0.2, 0.25) is 0 Å². The fraction of sp³-hybridized carbons (Fsp3) is 0.600. The number of benzene rings is 1. The second-order valence-electron chi connectivity index (χ2n) is 4.24. The molecule has 0 unspecified atom stereocenters. The van der Waals surface area contributed by atoms with Gasteiger partial charge in [-0.1, -0.05) is 0 Å². The first-order valence-electron chi connectivity index (χ1n) is 7.06. The average molecular weight is 267 g/mol. The lowest BCUT2D eigenvalue weighted by molar-refractivity contribution is 0.283. The molecule has 0 spiro atoms. The highest BCUT2D eigenvalue weighted by molar-refractivity contribution is 5.54. The first kappa shape index (κ1) is 15.6. The molecule has 0 radical (unpaired) electrons. The molecule has 0 atom stereocenters. The van der Waals surface area contributed by atoms with Crippen LogP contribution in [0.25, 0.3) is 0 Å². The summed E-state index contributed by atoms with van der Waals surface area (Å²) in [5.74, 6) is 1.57. The fourth-order valence-electron chi connectivity index (χ4n) is 1.81. The second kappa shape index (κ2) is 9.50. The summed E-state index contributed by atoms with van der Waals surface area (Å²) in [6.45, 7) is 6.36. The molecular weight excluding hydrogens is 242 g/mol. The molecule has 4 heteroatoms. The summed E-state index contributed by atoms with van der Waals surface area (Å²) < 4.78 is 11.1. The van der Waals surface area contributed by atoms with Crippen LogP contribution in [0.15, 0.2) is 18.2 Å². The Labute approximate surface area is 115 Å². The van der Waals surface area contributed by atoms with Crippen molar-refractivity contribution in [1.29, 1.82) is 0 Å². The van der Waals surface area contributed by atoms with Crippen molar-refractivity contribution in [1.82, 2.24) is 0 Å². The Morgan fingerprint density at radius 2 is 1.74 bits per heavy atom. The molecule has 0 aliphatic heterocycles. The molecule has 0 heterocycles. The summed E-state index contributed by atoms with van der Waals surface area (Å²) in [5, 5.41) is 12.1. The third-order valence-corrected chi connectivity index (χ3v) is 2.71. The van der Waals surface area contributed by atoms with E-state index >= 15 is 0 Å². The maximum atomic E-state index is 8.71. The van der Waals surface area contributed by atoms with Gasteiger partial charge >= 0.3 is 0 Å². The standard InChI is InChI=1S/C15H25NO3/c1-3-18-14-9-8-13(12-15(14)19-4-2)16-10-6-5-7-11-17/h8-9,12,16-17H,3-7,10-11H2,1-2H3. The molecule has 4 nitrogen and oxygen atoms in total. The van der Waals surface area contributed by atoms with E-state index in [-0.39, 0.29) is 6.61 Å². The molecule has 108 valence electrons. The van der Waals surface area contributed by atoms with Crippen LogP contribution in [0.1, 0.15) is 33.1 Å². The minimum atomic E-state index is 0.275. The van der Waals surface area contributed by atoms with Gasteiger partial charge in [-0.15, -0.1) is 0 Å². The molecule has 0 aliphatic rings. The lowest BCUT2D eigenvalue weighted by atomic mass is 10.2. The van der Waals surface area contributed by atoms with Crippen LogP contribution in [-0.4, -0.2) is 31.5 Å². The zero-order chi connectivity index (χ0) is 13.9. The Morgan fingerprint density at radius 1 is 1.00 bits per heavy atom. The lowest BCUT2D eigenvalue weighted by Gasteiger charge is -2.13. The number of unbranched alkanes of at least 4 members (excludes halogenated alkanes) is 2. The zero-order valence-corrected chi connectivity index (χ0v) is 11.9. The monoisotopic (exact) mass is 267 g/mol. The van der Waals surface area contributed by atoms with Gasteiger partial charge in [0.25, 0.3) is 0 Å². The topological polar surface area (TPSA) is 50.7 Å². The SMILES string of the molecule is CCOc1ccc(NCCCCCO)cc1OCC. The maximum absolute atomic E-state index is 8.71. The molecule has 0 aliphatic carbocycles. The Morgan fingerprint density at radius 3 is 2.42 bits per heavy atom. The average Bonchev–Trinajstić information content (AvgIpc) is 2.42. The van der Waals surface area contributed by atoms with E-state index in [1.165, 1.54) is 0 Å². The molecule has 0 bridgehead atoms. The number of hydrogen-bond donors (Lipinski definition) is 2. The van der Waals surface area contributed by atoms with Crippen LogP contribution in [0.4, 0.5) is 5.69 Å². The smallest absolute Gasteiger partial charge is 0.163 e. The quantitative estimate of drug-likeness (QED) is 0.640. The van der Waals surface area contributed by atoms with Gasteiger partial charge in [-0.05, 0) is 45.2 Å². The van der Waals surface area contributed by atoms with Crippen molar-refractivity contribution in [3.8, 4) is 11.5 Å². The maximum Gasteiger partial charge on any atom is 0.163 e. The molecule has 0 saturated heterocycles. The Hall–Kier alpha value is -1.42. The van der Waals surface area contributed by atoms with Crippen molar-refractivity contribution in [2.75, 3.05) is 31.7 Å². The van der Waals surface area contributed by atoms with Gasteiger partial charge in [0, 0.05) is 24.9 Å². The van der Waals surface area contributed by atoms with E-state index in [0.717, 1.165) is 43.0 Å². The Balaban J connectivity index is 2.51. The zero-order valence-electron chi connectivity index (χ0n) is 11.9. The minimum absolute atomic E-state index is 0.275. The first-order chi connectivity index (χ1) is 9.31. The third kappa shape index (κ3) is 5.83. The van der Waals surface area contributed by atoms with Crippen LogP contribution in [0.3, 0.4) is 0 Å². The van der Waals surface area contributed by atoms with Crippen molar-refractivity contribution in [3.63, 3.8) is 0 Å². The van der Waals surface area contributed by atoms with Crippen LogP contribution < -0.4 is 14.8 Å². The number of rotatable bonds is 10. The van der Waals surface area contributed by atoms with Crippen molar-refractivity contribution in [3.05, 3.63) is 18.2 Å². The molecule has 1 rings (SSSR count). The lowest BCUT2D eigenvalue weighted by Crippen LogP contribution is -2.03. The first-order valence-corrected chi connectivity index (χ1v) is 7.06. The van der Waals surface area contributed by atoms with E-state index in [4.69, 9.17) is 14.6 Å². The normalized spacial score (nSPS) is 10.3. The number of anilines is 1. The van der Waals surface area contributed by atoms with E-state index in [9.17, 15) is 0 Å². The third-order valence-electron chi connectivity index (χ3n) is 2.71. The molecular formula is C15H25NO3. The van der Waals surface area contributed by atoms with Crippen molar-refractivity contribution >= 4 is 5.69 Å². The van der Waals surface area contributed by atoms with Crippen molar-refractivity contribution < 1.29 is 14.6 Å². The van der Waals surface area contributed by atoms with Gasteiger partial charge in [-0.25, -0.2) is 0 Å². The van der Waals surface area contributed by atoms with Gasteiger partial charge in [0.1, 0.15) is 0 Å². The van der Waals surface area contributed by atoms with Gasteiger partial charge in [0.15, 0.2) is 11.5 Å². The molecule has 0 aromatic heterocycles. The minimum Gasteiger partial charge on any atom is -0.490 e. The van der Waals surface area contributed by atoms with Gasteiger partial charge < -0.3 is 19.9 Å². The highest BCUT2D eigenvalue weighted by Crippen LogP contribution is 2.30. The van der Waals surface area contributed by atoms with Crippen LogP contribution >= 0.6 is 0 Å². The van der Waals surface area contributed by atoms with Gasteiger partial charge in [0.05, 0.1) is 13.2 Å². The summed E-state index contributed by atoms with van der Waals surface area (Å²) in [7, 11) is 0. The highest BCUT2D eigenvalue weighted by atomic mass is 16.5. The van der Waals surface area contributed by atoms with Gasteiger partial charge in [-0.2, -0.15) is 0 Å². The summed E-state index contributed by atoms with van der Waals surface area (Å²) in [6, 6.07) is 5.91. The highest BCUT2D eigenvalue weighted by Gasteiger charge is 2.05. The molecule has 0 saturated carbocycles. The molecule has 19 heavy (non-hydrogen) atoms. The van der Waals surface area contributed by atoms with Crippen LogP contribution in [0, 0.1) is 0 Å².